The standard InChI is InChI=1S/C22H25FN2O5S/c1-3-30-22(27)16-11-13-25(14-12-16)21(26)17-5-4-6-20(15-17)31(28,29)24(2)19-9-7-18(23)8-10-19/h4-10,15-16H,3,11-14H2,1-2H3. The van der Waals surface area contributed by atoms with E-state index in [0.717, 1.165) is 4.31 Å². The monoisotopic (exact) mass is 448 g/mol. The number of amides is 1. The second-order valence-electron chi connectivity index (χ2n) is 7.30. The van der Waals surface area contributed by atoms with Crippen molar-refractivity contribution >= 4 is 27.6 Å². The van der Waals surface area contributed by atoms with Crippen molar-refractivity contribution in [2.75, 3.05) is 31.0 Å². The Morgan fingerprint density at radius 3 is 2.39 bits per heavy atom. The summed E-state index contributed by atoms with van der Waals surface area (Å²) in [4.78, 5) is 26.4. The molecule has 0 radical (unpaired) electrons. The first-order valence-electron chi connectivity index (χ1n) is 10.0. The highest BCUT2D eigenvalue weighted by Gasteiger charge is 2.29. The topological polar surface area (TPSA) is 84.0 Å². The summed E-state index contributed by atoms with van der Waals surface area (Å²) in [6.07, 6.45) is 1.02. The number of anilines is 1. The third kappa shape index (κ3) is 5.04. The molecule has 1 fully saturated rings. The zero-order valence-electron chi connectivity index (χ0n) is 17.5. The quantitative estimate of drug-likeness (QED) is 0.634. The predicted octanol–water partition coefficient (Wildman–Crippen LogP) is 3.07. The van der Waals surface area contributed by atoms with E-state index in [1.807, 2.05) is 0 Å². The highest BCUT2D eigenvalue weighted by molar-refractivity contribution is 7.92. The fourth-order valence-electron chi connectivity index (χ4n) is 3.50. The first-order chi connectivity index (χ1) is 14.7. The molecule has 166 valence electrons. The Hall–Kier alpha value is -2.94. The number of likely N-dealkylation sites (tertiary alicyclic amines) is 1. The molecule has 31 heavy (non-hydrogen) atoms. The van der Waals surface area contributed by atoms with E-state index in [9.17, 15) is 22.4 Å². The fraction of sp³-hybridized carbons (Fsp3) is 0.364. The lowest BCUT2D eigenvalue weighted by atomic mass is 9.96. The van der Waals surface area contributed by atoms with Gasteiger partial charge in [-0.3, -0.25) is 13.9 Å². The Bertz CT molecular complexity index is 1050. The molecule has 1 amide bonds. The number of rotatable bonds is 6. The summed E-state index contributed by atoms with van der Waals surface area (Å²) < 4.78 is 45.3. The van der Waals surface area contributed by atoms with Gasteiger partial charge in [0.1, 0.15) is 5.82 Å². The van der Waals surface area contributed by atoms with Crippen LogP contribution < -0.4 is 4.31 Å². The summed E-state index contributed by atoms with van der Waals surface area (Å²) in [7, 11) is -2.57. The van der Waals surface area contributed by atoms with Gasteiger partial charge in [0.15, 0.2) is 0 Å². The van der Waals surface area contributed by atoms with Crippen molar-refractivity contribution < 1.29 is 27.1 Å². The van der Waals surface area contributed by atoms with E-state index in [0.29, 0.717) is 38.2 Å². The van der Waals surface area contributed by atoms with Gasteiger partial charge >= 0.3 is 5.97 Å². The summed E-state index contributed by atoms with van der Waals surface area (Å²) in [5, 5.41) is 0. The second-order valence-corrected chi connectivity index (χ2v) is 9.26. The summed E-state index contributed by atoms with van der Waals surface area (Å²) in [5.41, 5.74) is 0.558. The van der Waals surface area contributed by atoms with E-state index < -0.39 is 15.8 Å². The van der Waals surface area contributed by atoms with Gasteiger partial charge in [-0.2, -0.15) is 0 Å². The minimum Gasteiger partial charge on any atom is -0.466 e. The molecule has 0 aromatic heterocycles. The van der Waals surface area contributed by atoms with Gasteiger partial charge in [-0.05, 0) is 62.2 Å². The minimum atomic E-state index is -3.94. The number of piperidine rings is 1. The lowest BCUT2D eigenvalue weighted by Crippen LogP contribution is -2.40. The molecule has 1 aliphatic rings. The Labute approximate surface area is 181 Å². The Balaban J connectivity index is 1.74. The Kier molecular flexibility index (Phi) is 6.94. The lowest BCUT2D eigenvalue weighted by molar-refractivity contribution is -0.149. The molecular weight excluding hydrogens is 423 g/mol. The van der Waals surface area contributed by atoms with Crippen LogP contribution in [0, 0.1) is 11.7 Å². The zero-order chi connectivity index (χ0) is 22.6. The van der Waals surface area contributed by atoms with Crippen LogP contribution in [0.1, 0.15) is 30.1 Å². The van der Waals surface area contributed by atoms with Crippen LogP contribution in [-0.2, 0) is 19.6 Å². The molecule has 0 bridgehead atoms. The summed E-state index contributed by atoms with van der Waals surface area (Å²) in [6.45, 7) is 2.88. The van der Waals surface area contributed by atoms with Gasteiger partial charge in [-0.1, -0.05) is 6.07 Å². The van der Waals surface area contributed by atoms with Crippen LogP contribution in [0.3, 0.4) is 0 Å². The van der Waals surface area contributed by atoms with E-state index in [4.69, 9.17) is 4.74 Å². The predicted molar refractivity (Wildman–Crippen MR) is 114 cm³/mol. The van der Waals surface area contributed by atoms with Crippen molar-refractivity contribution in [1.29, 1.82) is 0 Å². The molecule has 7 nitrogen and oxygen atoms in total. The number of hydrogen-bond acceptors (Lipinski definition) is 5. The molecule has 0 spiro atoms. The molecule has 2 aromatic rings. The van der Waals surface area contributed by atoms with Gasteiger partial charge in [-0.15, -0.1) is 0 Å². The highest BCUT2D eigenvalue weighted by atomic mass is 32.2. The van der Waals surface area contributed by atoms with Crippen molar-refractivity contribution in [2.24, 2.45) is 5.92 Å². The van der Waals surface area contributed by atoms with E-state index in [2.05, 4.69) is 0 Å². The molecular formula is C22H25FN2O5S. The average molecular weight is 449 g/mol. The maximum absolute atomic E-state index is 13.2. The Morgan fingerprint density at radius 2 is 1.77 bits per heavy atom. The first-order valence-corrected chi connectivity index (χ1v) is 11.5. The third-order valence-corrected chi connectivity index (χ3v) is 7.11. The Morgan fingerprint density at radius 1 is 1.13 bits per heavy atom. The number of benzene rings is 2. The average Bonchev–Trinajstić information content (AvgIpc) is 2.79. The van der Waals surface area contributed by atoms with Gasteiger partial charge in [0.05, 0.1) is 23.1 Å². The number of sulfonamides is 1. The molecule has 9 heteroatoms. The summed E-state index contributed by atoms with van der Waals surface area (Å²) >= 11 is 0. The largest absolute Gasteiger partial charge is 0.466 e. The van der Waals surface area contributed by atoms with Crippen molar-refractivity contribution in [3.63, 3.8) is 0 Å². The lowest BCUT2D eigenvalue weighted by Gasteiger charge is -2.31. The normalized spacial score (nSPS) is 14.9. The van der Waals surface area contributed by atoms with Crippen molar-refractivity contribution in [3.8, 4) is 0 Å². The molecule has 3 rings (SSSR count). The van der Waals surface area contributed by atoms with Crippen LogP contribution >= 0.6 is 0 Å². The molecule has 1 aliphatic heterocycles. The maximum atomic E-state index is 13.2. The first kappa shape index (κ1) is 22.7. The van der Waals surface area contributed by atoms with E-state index >= 15 is 0 Å². The highest BCUT2D eigenvalue weighted by Crippen LogP contribution is 2.25. The third-order valence-electron chi connectivity index (χ3n) is 5.33. The molecule has 1 heterocycles. The minimum absolute atomic E-state index is 0.0356. The molecule has 0 N–H and O–H groups in total. The molecule has 1 saturated heterocycles. The second kappa shape index (κ2) is 9.47. The number of nitrogens with zero attached hydrogens (tertiary/aromatic N) is 2. The number of halogens is 1. The summed E-state index contributed by atoms with van der Waals surface area (Å²) in [6, 6.07) is 10.9. The molecule has 0 atom stereocenters. The number of esters is 1. The van der Waals surface area contributed by atoms with Gasteiger partial charge in [-0.25, -0.2) is 12.8 Å². The molecule has 0 saturated carbocycles. The van der Waals surface area contributed by atoms with Crippen LogP contribution in [0.5, 0.6) is 0 Å². The van der Waals surface area contributed by atoms with Crippen LogP contribution in [0.25, 0.3) is 0 Å². The fourth-order valence-corrected chi connectivity index (χ4v) is 4.74. The number of ether oxygens (including phenoxy) is 1. The molecule has 0 unspecified atom stereocenters. The number of carbonyl (C=O) groups excluding carboxylic acids is 2. The van der Waals surface area contributed by atoms with Gasteiger partial charge < -0.3 is 9.64 Å². The van der Waals surface area contributed by atoms with Crippen LogP contribution in [0.4, 0.5) is 10.1 Å². The van der Waals surface area contributed by atoms with Crippen LogP contribution in [0.15, 0.2) is 53.4 Å². The number of carbonyl (C=O) groups is 2. The molecule has 0 aliphatic carbocycles. The molecule has 2 aromatic carbocycles. The number of hydrogen-bond donors (Lipinski definition) is 0. The van der Waals surface area contributed by atoms with Gasteiger partial charge in [0.25, 0.3) is 15.9 Å². The van der Waals surface area contributed by atoms with E-state index in [1.165, 1.54) is 49.5 Å². The van der Waals surface area contributed by atoms with Crippen molar-refractivity contribution in [1.82, 2.24) is 4.90 Å². The van der Waals surface area contributed by atoms with Crippen LogP contribution in [-0.4, -0.2) is 51.9 Å². The maximum Gasteiger partial charge on any atom is 0.309 e. The van der Waals surface area contributed by atoms with Gasteiger partial charge in [0, 0.05) is 25.7 Å². The van der Waals surface area contributed by atoms with E-state index in [1.54, 1.807) is 17.9 Å². The zero-order valence-corrected chi connectivity index (χ0v) is 18.3. The van der Waals surface area contributed by atoms with Crippen molar-refractivity contribution in [3.05, 3.63) is 59.9 Å². The smallest absolute Gasteiger partial charge is 0.309 e. The van der Waals surface area contributed by atoms with Crippen molar-refractivity contribution in [2.45, 2.75) is 24.7 Å². The van der Waals surface area contributed by atoms with E-state index in [-0.39, 0.29) is 28.3 Å². The van der Waals surface area contributed by atoms with Crippen LogP contribution in [0.2, 0.25) is 0 Å². The summed E-state index contributed by atoms with van der Waals surface area (Å²) in [5.74, 6) is -1.22. The SMILES string of the molecule is CCOC(=O)C1CCN(C(=O)c2cccc(S(=O)(=O)N(C)c3ccc(F)cc3)c2)CC1. The van der Waals surface area contributed by atoms with Gasteiger partial charge in [0.2, 0.25) is 0 Å².